The molecule has 0 spiro atoms. The molecule has 8 nitrogen and oxygen atoms in total. The molecule has 0 radical (unpaired) electrons. The molecule has 2 N–H and O–H groups in total. The number of fused-ring (bicyclic) bond motifs is 2. The summed E-state index contributed by atoms with van der Waals surface area (Å²) >= 11 is 0. The fourth-order valence-corrected chi connectivity index (χ4v) is 7.13. The molecule has 0 bridgehead atoms. The van der Waals surface area contributed by atoms with Gasteiger partial charge in [-0.1, -0.05) is 66.2 Å². The first-order valence-corrected chi connectivity index (χ1v) is 16.3. The number of anilines is 1. The van der Waals surface area contributed by atoms with Crippen LogP contribution in [0.5, 0.6) is 0 Å². The number of nitrogens with zero attached hydrogens (tertiary/aromatic N) is 4. The highest BCUT2D eigenvalue weighted by atomic mass is 32.2. The molecular weight excluding hydrogens is 570 g/mol. The van der Waals surface area contributed by atoms with Crippen molar-refractivity contribution in [1.82, 2.24) is 19.4 Å². The lowest BCUT2D eigenvalue weighted by Gasteiger charge is -2.27. The van der Waals surface area contributed by atoms with Gasteiger partial charge in [-0.15, -0.1) is 0 Å². The number of benzene rings is 3. The van der Waals surface area contributed by atoms with Crippen molar-refractivity contribution >= 4 is 32.4 Å². The normalized spacial score (nSPS) is 17.3. The second kappa shape index (κ2) is 11.5. The van der Waals surface area contributed by atoms with E-state index in [1.807, 2.05) is 37.4 Å². The summed E-state index contributed by atoms with van der Waals surface area (Å²) in [4.78, 5) is 14.7. The standard InChI is InChI=1S/C35H33N5O3S/c1-23-7-16-29(17-8-23)44(41,42)43-22-24-9-11-27(12-10-24)35-39-32(33-34(36)37-19-20-40(33)35)28-14-13-26-15-18-30(38-31(26)21-28)25-5-3-2-4-6-25/h2-8,13-21,24,27H,9-12,22H2,1H3,(H2,36,37). The molecule has 222 valence electrons. The van der Waals surface area contributed by atoms with Crippen molar-refractivity contribution in [2.75, 3.05) is 12.3 Å². The molecule has 0 aliphatic heterocycles. The van der Waals surface area contributed by atoms with Gasteiger partial charge in [-0.25, -0.2) is 15.0 Å². The third-order valence-corrected chi connectivity index (χ3v) is 9.92. The summed E-state index contributed by atoms with van der Waals surface area (Å²) in [6.45, 7) is 2.11. The molecule has 9 heteroatoms. The first kappa shape index (κ1) is 28.2. The number of nitrogen functional groups attached to an aromatic ring is 1. The minimum Gasteiger partial charge on any atom is -0.382 e. The van der Waals surface area contributed by atoms with Crippen LogP contribution in [-0.2, 0) is 14.3 Å². The van der Waals surface area contributed by atoms with E-state index in [0.29, 0.717) is 5.82 Å². The number of hydrogen-bond donors (Lipinski definition) is 1. The maximum absolute atomic E-state index is 12.7. The van der Waals surface area contributed by atoms with Crippen LogP contribution in [0.25, 0.3) is 38.9 Å². The van der Waals surface area contributed by atoms with Gasteiger partial charge in [0.05, 0.1) is 22.7 Å². The van der Waals surface area contributed by atoms with Gasteiger partial charge in [0.1, 0.15) is 22.9 Å². The minimum atomic E-state index is -3.78. The zero-order valence-electron chi connectivity index (χ0n) is 24.4. The van der Waals surface area contributed by atoms with E-state index >= 15 is 0 Å². The van der Waals surface area contributed by atoms with E-state index in [-0.39, 0.29) is 23.3 Å². The summed E-state index contributed by atoms with van der Waals surface area (Å²) in [6.07, 6.45) is 7.08. The summed E-state index contributed by atoms with van der Waals surface area (Å²) in [5.41, 5.74) is 12.8. The molecule has 0 atom stereocenters. The molecule has 0 unspecified atom stereocenters. The number of aromatic nitrogens is 4. The highest BCUT2D eigenvalue weighted by Gasteiger charge is 2.29. The van der Waals surface area contributed by atoms with Gasteiger partial charge in [-0.3, -0.25) is 8.58 Å². The predicted octanol–water partition coefficient (Wildman–Crippen LogP) is 7.18. The topological polar surface area (TPSA) is 112 Å². The summed E-state index contributed by atoms with van der Waals surface area (Å²) in [7, 11) is -3.78. The Bertz CT molecular complexity index is 2070. The van der Waals surface area contributed by atoms with Gasteiger partial charge < -0.3 is 5.73 Å². The van der Waals surface area contributed by atoms with E-state index in [0.717, 1.165) is 76.0 Å². The largest absolute Gasteiger partial charge is 0.382 e. The molecule has 3 aromatic heterocycles. The summed E-state index contributed by atoms with van der Waals surface area (Å²) in [6, 6.07) is 27.2. The van der Waals surface area contributed by atoms with E-state index in [2.05, 4.69) is 45.8 Å². The Morgan fingerprint density at radius 3 is 2.41 bits per heavy atom. The molecule has 1 saturated carbocycles. The third-order valence-electron chi connectivity index (χ3n) is 8.63. The van der Waals surface area contributed by atoms with Crippen molar-refractivity contribution in [2.24, 2.45) is 5.92 Å². The Hall–Kier alpha value is -4.60. The average molecular weight is 604 g/mol. The van der Waals surface area contributed by atoms with Gasteiger partial charge in [0.2, 0.25) is 0 Å². The Balaban J connectivity index is 1.13. The fraction of sp³-hybridized carbons (Fsp3) is 0.229. The van der Waals surface area contributed by atoms with Crippen LogP contribution in [0, 0.1) is 12.8 Å². The van der Waals surface area contributed by atoms with Crippen molar-refractivity contribution in [3.63, 3.8) is 0 Å². The zero-order valence-corrected chi connectivity index (χ0v) is 25.2. The number of rotatable bonds is 7. The lowest BCUT2D eigenvalue weighted by atomic mass is 9.82. The summed E-state index contributed by atoms with van der Waals surface area (Å²) < 4.78 is 32.9. The Labute approximate surface area is 256 Å². The molecule has 3 heterocycles. The van der Waals surface area contributed by atoms with Crippen LogP contribution in [0.15, 0.2) is 102 Å². The van der Waals surface area contributed by atoms with Crippen LogP contribution in [-0.4, -0.2) is 34.4 Å². The molecule has 1 fully saturated rings. The van der Waals surface area contributed by atoms with E-state index < -0.39 is 10.1 Å². The molecule has 0 saturated heterocycles. The van der Waals surface area contributed by atoms with Gasteiger partial charge in [0, 0.05) is 34.8 Å². The average Bonchev–Trinajstić information content (AvgIpc) is 3.45. The molecular formula is C35H33N5O3S. The molecule has 44 heavy (non-hydrogen) atoms. The third kappa shape index (κ3) is 5.44. The molecule has 7 rings (SSSR count). The van der Waals surface area contributed by atoms with E-state index in [1.54, 1.807) is 30.5 Å². The second-order valence-electron chi connectivity index (χ2n) is 11.6. The highest BCUT2D eigenvalue weighted by Crippen LogP contribution is 2.39. The van der Waals surface area contributed by atoms with Gasteiger partial charge in [0.15, 0.2) is 0 Å². The fourth-order valence-electron chi connectivity index (χ4n) is 6.16. The van der Waals surface area contributed by atoms with Crippen LogP contribution in [0.3, 0.4) is 0 Å². The van der Waals surface area contributed by atoms with Crippen molar-refractivity contribution in [1.29, 1.82) is 0 Å². The second-order valence-corrected chi connectivity index (χ2v) is 13.2. The van der Waals surface area contributed by atoms with E-state index in [1.165, 1.54) is 0 Å². The molecule has 1 aliphatic carbocycles. The van der Waals surface area contributed by atoms with Gasteiger partial charge in [-0.05, 0) is 62.8 Å². The van der Waals surface area contributed by atoms with Gasteiger partial charge >= 0.3 is 0 Å². The molecule has 1 aliphatic rings. The van der Waals surface area contributed by atoms with Crippen LogP contribution < -0.4 is 5.73 Å². The predicted molar refractivity (Wildman–Crippen MR) is 173 cm³/mol. The Morgan fingerprint density at radius 1 is 0.886 bits per heavy atom. The number of aryl methyl sites for hydroxylation is 1. The van der Waals surface area contributed by atoms with Gasteiger partial charge in [0.25, 0.3) is 10.1 Å². The molecule has 3 aromatic carbocycles. The lowest BCUT2D eigenvalue weighted by Crippen LogP contribution is -2.21. The zero-order chi connectivity index (χ0) is 30.3. The van der Waals surface area contributed by atoms with Crippen molar-refractivity contribution in [3.8, 4) is 22.5 Å². The number of pyridine rings is 1. The van der Waals surface area contributed by atoms with Crippen LogP contribution in [0.2, 0.25) is 0 Å². The maximum atomic E-state index is 12.7. The smallest absolute Gasteiger partial charge is 0.296 e. The highest BCUT2D eigenvalue weighted by molar-refractivity contribution is 7.86. The minimum absolute atomic E-state index is 0.161. The van der Waals surface area contributed by atoms with E-state index in [4.69, 9.17) is 19.9 Å². The van der Waals surface area contributed by atoms with Crippen molar-refractivity contribution in [3.05, 3.63) is 109 Å². The first-order chi connectivity index (χ1) is 21.4. The number of hydrogen-bond acceptors (Lipinski definition) is 7. The van der Waals surface area contributed by atoms with Crippen LogP contribution in [0.1, 0.15) is 43.0 Å². The molecule has 0 amide bonds. The van der Waals surface area contributed by atoms with Crippen LogP contribution in [0.4, 0.5) is 5.82 Å². The first-order valence-electron chi connectivity index (χ1n) is 14.9. The Kier molecular flexibility index (Phi) is 7.35. The Morgan fingerprint density at radius 2 is 1.64 bits per heavy atom. The monoisotopic (exact) mass is 603 g/mol. The van der Waals surface area contributed by atoms with Crippen molar-refractivity contribution in [2.45, 2.75) is 43.4 Å². The summed E-state index contributed by atoms with van der Waals surface area (Å²) in [5.74, 6) is 1.73. The lowest BCUT2D eigenvalue weighted by molar-refractivity contribution is 0.203. The quantitative estimate of drug-likeness (QED) is 0.192. The summed E-state index contributed by atoms with van der Waals surface area (Å²) in [5, 5.41) is 1.05. The molecule has 6 aromatic rings. The number of nitrogens with two attached hydrogens (primary N) is 1. The van der Waals surface area contributed by atoms with E-state index in [9.17, 15) is 8.42 Å². The maximum Gasteiger partial charge on any atom is 0.296 e. The number of imidazole rings is 1. The SMILES string of the molecule is Cc1ccc(S(=O)(=O)OCC2CCC(c3nc(-c4ccc5ccc(-c6ccccc6)nc5c4)c4c(N)nccn34)CC2)cc1. The van der Waals surface area contributed by atoms with Gasteiger partial charge in [-0.2, -0.15) is 8.42 Å². The van der Waals surface area contributed by atoms with Crippen molar-refractivity contribution < 1.29 is 12.6 Å². The van der Waals surface area contributed by atoms with Crippen LogP contribution >= 0.6 is 0 Å².